The maximum Gasteiger partial charge on any atom is 0.0248 e. The molecule has 0 spiro atoms. The van der Waals surface area contributed by atoms with Crippen LogP contribution < -0.4 is 0 Å². The van der Waals surface area contributed by atoms with Gasteiger partial charge in [0.25, 0.3) is 0 Å². The molecule has 0 amide bonds. The molecule has 0 aromatic heterocycles. The molecule has 0 aliphatic rings. The molecular weight excluding hydrogens is 168 g/mol. The van der Waals surface area contributed by atoms with Gasteiger partial charge in [-0.3, -0.25) is 0 Å². The fourth-order valence-electron chi connectivity index (χ4n) is 1.78. The summed E-state index contributed by atoms with van der Waals surface area (Å²) in [6.45, 7) is 6.58. The minimum absolute atomic E-state index is 0.618. The van der Waals surface area contributed by atoms with Gasteiger partial charge in [0.15, 0.2) is 0 Å². The molecule has 0 bridgehead atoms. The Morgan fingerprint density at radius 3 is 2.64 bits per heavy atom. The van der Waals surface area contributed by atoms with Gasteiger partial charge in [-0.25, -0.2) is 0 Å². The summed E-state index contributed by atoms with van der Waals surface area (Å²) in [5.41, 5.74) is 3.64. The molecule has 0 heterocycles. The third kappa shape index (κ3) is 2.64. The lowest BCUT2D eigenvalue weighted by Crippen LogP contribution is -1.94. The Balaban J connectivity index is 2.98. The number of rotatable bonds is 3. The molecule has 1 aromatic rings. The van der Waals surface area contributed by atoms with Crippen molar-refractivity contribution in [3.63, 3.8) is 0 Å². The minimum atomic E-state index is 0.618. The smallest absolute Gasteiger partial charge is 0.0248 e. The number of hydrogen-bond donors (Lipinski definition) is 0. The second-order valence-electron chi connectivity index (χ2n) is 3.97. The van der Waals surface area contributed by atoms with Crippen LogP contribution >= 0.6 is 0 Å². The Morgan fingerprint density at radius 2 is 2.07 bits per heavy atom. The van der Waals surface area contributed by atoms with E-state index in [1.807, 2.05) is 0 Å². The Labute approximate surface area is 87.4 Å². The average Bonchev–Trinajstić information content (AvgIpc) is 2.17. The molecule has 0 fully saturated rings. The van der Waals surface area contributed by atoms with Gasteiger partial charge in [0.1, 0.15) is 0 Å². The van der Waals surface area contributed by atoms with Gasteiger partial charge < -0.3 is 0 Å². The summed E-state index contributed by atoms with van der Waals surface area (Å²) in [6.07, 6.45) is 7.86. The van der Waals surface area contributed by atoms with Gasteiger partial charge >= 0.3 is 0 Å². The van der Waals surface area contributed by atoms with Crippen molar-refractivity contribution in [3.05, 3.63) is 34.9 Å². The van der Waals surface area contributed by atoms with E-state index >= 15 is 0 Å². The number of aryl methyl sites for hydroxylation is 1. The zero-order valence-corrected chi connectivity index (χ0v) is 9.30. The van der Waals surface area contributed by atoms with E-state index in [4.69, 9.17) is 6.42 Å². The van der Waals surface area contributed by atoms with Gasteiger partial charge in [-0.2, -0.15) is 0 Å². The largest absolute Gasteiger partial charge is 0.115 e. The normalized spacial score (nSPS) is 12.1. The SMILES string of the molecule is C#Cc1cc(C)cc(C(C)CCC)c1. The van der Waals surface area contributed by atoms with Crippen molar-refractivity contribution in [3.8, 4) is 12.3 Å². The van der Waals surface area contributed by atoms with Crippen molar-refractivity contribution >= 4 is 0 Å². The lowest BCUT2D eigenvalue weighted by atomic mass is 9.93. The third-order valence-corrected chi connectivity index (χ3v) is 2.56. The zero-order chi connectivity index (χ0) is 10.6. The summed E-state index contributed by atoms with van der Waals surface area (Å²) in [4.78, 5) is 0. The monoisotopic (exact) mass is 186 g/mol. The van der Waals surface area contributed by atoms with Gasteiger partial charge in [0, 0.05) is 5.56 Å². The van der Waals surface area contributed by atoms with Crippen LogP contribution in [0.1, 0.15) is 49.3 Å². The van der Waals surface area contributed by atoms with Gasteiger partial charge in [0.2, 0.25) is 0 Å². The van der Waals surface area contributed by atoms with Crippen molar-refractivity contribution < 1.29 is 0 Å². The maximum absolute atomic E-state index is 5.41. The molecule has 14 heavy (non-hydrogen) atoms. The average molecular weight is 186 g/mol. The minimum Gasteiger partial charge on any atom is -0.115 e. The van der Waals surface area contributed by atoms with Crippen LogP contribution in [0, 0.1) is 19.3 Å². The summed E-state index contributed by atoms with van der Waals surface area (Å²) in [5, 5.41) is 0. The molecule has 0 nitrogen and oxygen atoms in total. The van der Waals surface area contributed by atoms with Crippen LogP contribution in [0.5, 0.6) is 0 Å². The molecule has 0 saturated heterocycles. The van der Waals surface area contributed by atoms with Crippen molar-refractivity contribution in [1.29, 1.82) is 0 Å². The lowest BCUT2D eigenvalue weighted by molar-refractivity contribution is 0.664. The van der Waals surface area contributed by atoms with Gasteiger partial charge in [-0.1, -0.05) is 32.3 Å². The number of benzene rings is 1. The first kappa shape index (κ1) is 10.9. The van der Waals surface area contributed by atoms with Crippen LogP contribution in [0.4, 0.5) is 0 Å². The summed E-state index contributed by atoms with van der Waals surface area (Å²) < 4.78 is 0. The van der Waals surface area contributed by atoms with E-state index in [2.05, 4.69) is 44.9 Å². The second-order valence-corrected chi connectivity index (χ2v) is 3.97. The van der Waals surface area contributed by atoms with Crippen LogP contribution in [0.3, 0.4) is 0 Å². The van der Waals surface area contributed by atoms with Crippen LogP contribution in [-0.2, 0) is 0 Å². The van der Waals surface area contributed by atoms with Gasteiger partial charge in [0.05, 0.1) is 0 Å². The molecule has 0 N–H and O–H groups in total. The van der Waals surface area contributed by atoms with Crippen molar-refractivity contribution in [2.45, 2.75) is 39.5 Å². The summed E-state index contributed by atoms with van der Waals surface area (Å²) in [5.74, 6) is 3.32. The number of hydrogen-bond acceptors (Lipinski definition) is 0. The van der Waals surface area contributed by atoms with E-state index in [9.17, 15) is 0 Å². The molecular formula is C14H18. The highest BCUT2D eigenvalue weighted by Crippen LogP contribution is 2.22. The Kier molecular flexibility index (Phi) is 3.77. The fourth-order valence-corrected chi connectivity index (χ4v) is 1.78. The van der Waals surface area contributed by atoms with Crippen molar-refractivity contribution in [2.75, 3.05) is 0 Å². The quantitative estimate of drug-likeness (QED) is 0.628. The van der Waals surface area contributed by atoms with Crippen LogP contribution in [0.15, 0.2) is 18.2 Å². The van der Waals surface area contributed by atoms with E-state index in [1.54, 1.807) is 0 Å². The molecule has 74 valence electrons. The molecule has 0 radical (unpaired) electrons. The second kappa shape index (κ2) is 4.86. The summed E-state index contributed by atoms with van der Waals surface area (Å²) in [7, 11) is 0. The molecule has 0 saturated carbocycles. The molecule has 0 aliphatic carbocycles. The predicted molar refractivity (Wildman–Crippen MR) is 62.4 cm³/mol. The third-order valence-electron chi connectivity index (χ3n) is 2.56. The lowest BCUT2D eigenvalue weighted by Gasteiger charge is -2.11. The maximum atomic E-state index is 5.41. The first-order chi connectivity index (χ1) is 6.67. The molecule has 1 unspecified atom stereocenters. The topological polar surface area (TPSA) is 0 Å². The molecule has 1 atom stereocenters. The molecule has 0 aliphatic heterocycles. The van der Waals surface area contributed by atoms with Crippen molar-refractivity contribution in [1.82, 2.24) is 0 Å². The highest BCUT2D eigenvalue weighted by molar-refractivity contribution is 5.40. The zero-order valence-electron chi connectivity index (χ0n) is 9.30. The summed E-state index contributed by atoms with van der Waals surface area (Å²) in [6, 6.07) is 6.43. The van der Waals surface area contributed by atoms with Gasteiger partial charge in [-0.15, -0.1) is 6.42 Å². The van der Waals surface area contributed by atoms with Gasteiger partial charge in [-0.05, 0) is 42.5 Å². The van der Waals surface area contributed by atoms with Crippen molar-refractivity contribution in [2.24, 2.45) is 0 Å². The summed E-state index contributed by atoms with van der Waals surface area (Å²) >= 11 is 0. The molecule has 0 heteroatoms. The Hall–Kier alpha value is -1.22. The van der Waals surface area contributed by atoms with E-state index in [0.717, 1.165) is 5.56 Å². The molecule has 1 aromatic carbocycles. The van der Waals surface area contributed by atoms with E-state index in [0.29, 0.717) is 5.92 Å². The first-order valence-corrected chi connectivity index (χ1v) is 5.25. The van der Waals surface area contributed by atoms with Crippen LogP contribution in [0.2, 0.25) is 0 Å². The Morgan fingerprint density at radius 1 is 1.36 bits per heavy atom. The number of terminal acetylenes is 1. The Bertz CT molecular complexity index is 342. The van der Waals surface area contributed by atoms with E-state index in [-0.39, 0.29) is 0 Å². The first-order valence-electron chi connectivity index (χ1n) is 5.25. The highest BCUT2D eigenvalue weighted by Gasteiger charge is 2.05. The highest BCUT2D eigenvalue weighted by atomic mass is 14.1. The van der Waals surface area contributed by atoms with E-state index < -0.39 is 0 Å². The van der Waals surface area contributed by atoms with Crippen LogP contribution in [0.25, 0.3) is 0 Å². The van der Waals surface area contributed by atoms with Crippen LogP contribution in [-0.4, -0.2) is 0 Å². The van der Waals surface area contributed by atoms with E-state index in [1.165, 1.54) is 24.0 Å². The predicted octanol–water partition coefficient (Wildman–Crippen LogP) is 3.88. The fraction of sp³-hybridized carbons (Fsp3) is 0.429. The molecule has 1 rings (SSSR count). The standard InChI is InChI=1S/C14H18/c1-5-7-12(4)14-9-11(3)8-13(6-2)10-14/h2,8-10,12H,5,7H2,1,3-4H3.